The minimum absolute atomic E-state index is 0.0711. The highest BCUT2D eigenvalue weighted by Gasteiger charge is 2.35. The van der Waals surface area contributed by atoms with Gasteiger partial charge in [-0.1, -0.05) is 0 Å². The second-order valence-corrected chi connectivity index (χ2v) is 6.86. The van der Waals surface area contributed by atoms with Crippen LogP contribution in [0, 0.1) is 5.92 Å². The Morgan fingerprint density at radius 1 is 1.45 bits per heavy atom. The van der Waals surface area contributed by atoms with E-state index in [1.54, 1.807) is 16.2 Å². The quantitative estimate of drug-likeness (QED) is 0.924. The number of aryl methyl sites for hydroxylation is 2. The fourth-order valence-electron chi connectivity index (χ4n) is 2.86. The van der Waals surface area contributed by atoms with Gasteiger partial charge in [0.1, 0.15) is 0 Å². The van der Waals surface area contributed by atoms with Gasteiger partial charge in [-0.3, -0.25) is 9.59 Å². The molecule has 1 aromatic rings. The molecule has 1 N–H and O–H groups in total. The lowest BCUT2D eigenvalue weighted by molar-refractivity contribution is -0.129. The van der Waals surface area contributed by atoms with Gasteiger partial charge in [0, 0.05) is 23.9 Å². The standard InChI is InChI=1S/C14H19N3O2S/c1-8(2)17-7-9(6-12(17)18)13(19)16-14-15-10-4-3-5-11(10)20-14/h8-9H,3-7H2,1-2H3,(H,15,16,19)/t9-/m1/s1. The fourth-order valence-corrected chi connectivity index (χ4v) is 3.91. The lowest BCUT2D eigenvalue weighted by Gasteiger charge is -2.20. The van der Waals surface area contributed by atoms with Crippen molar-refractivity contribution in [3.05, 3.63) is 10.6 Å². The molecule has 1 fully saturated rings. The first-order valence-corrected chi connectivity index (χ1v) is 7.95. The number of anilines is 1. The molecule has 0 aromatic carbocycles. The van der Waals surface area contributed by atoms with Crippen LogP contribution >= 0.6 is 11.3 Å². The first-order chi connectivity index (χ1) is 9.54. The molecular formula is C14H19N3O2S. The van der Waals surface area contributed by atoms with E-state index in [-0.39, 0.29) is 23.8 Å². The van der Waals surface area contributed by atoms with E-state index in [2.05, 4.69) is 10.3 Å². The van der Waals surface area contributed by atoms with Crippen LogP contribution in [-0.2, 0) is 22.4 Å². The maximum atomic E-state index is 12.2. The number of nitrogens with zero attached hydrogens (tertiary/aromatic N) is 2. The third-order valence-electron chi connectivity index (χ3n) is 3.98. The number of carbonyl (C=O) groups excluding carboxylic acids is 2. The predicted molar refractivity (Wildman–Crippen MR) is 77.7 cm³/mol. The van der Waals surface area contributed by atoms with Crippen molar-refractivity contribution in [2.45, 2.75) is 45.6 Å². The van der Waals surface area contributed by atoms with Crippen LogP contribution in [0.3, 0.4) is 0 Å². The normalized spacial score (nSPS) is 21.6. The topological polar surface area (TPSA) is 62.3 Å². The number of aromatic nitrogens is 1. The van der Waals surface area contributed by atoms with Gasteiger partial charge in [0.15, 0.2) is 5.13 Å². The number of amides is 2. The molecule has 2 heterocycles. The van der Waals surface area contributed by atoms with E-state index in [0.717, 1.165) is 18.5 Å². The summed E-state index contributed by atoms with van der Waals surface area (Å²) in [5, 5.41) is 3.57. The molecule has 0 unspecified atom stereocenters. The second kappa shape index (κ2) is 5.16. The Hall–Kier alpha value is -1.43. The fraction of sp³-hybridized carbons (Fsp3) is 0.643. The van der Waals surface area contributed by atoms with Crippen LogP contribution in [0.5, 0.6) is 0 Å². The molecule has 20 heavy (non-hydrogen) atoms. The number of carbonyl (C=O) groups is 2. The average molecular weight is 293 g/mol. The maximum Gasteiger partial charge on any atom is 0.231 e. The molecule has 1 aromatic heterocycles. The summed E-state index contributed by atoms with van der Waals surface area (Å²) < 4.78 is 0. The monoisotopic (exact) mass is 293 g/mol. The summed E-state index contributed by atoms with van der Waals surface area (Å²) in [7, 11) is 0. The van der Waals surface area contributed by atoms with Gasteiger partial charge in [0.05, 0.1) is 11.6 Å². The zero-order valence-electron chi connectivity index (χ0n) is 11.8. The van der Waals surface area contributed by atoms with Gasteiger partial charge in [-0.2, -0.15) is 0 Å². The zero-order chi connectivity index (χ0) is 14.3. The molecule has 1 atom stereocenters. The van der Waals surface area contributed by atoms with Crippen molar-refractivity contribution in [2.75, 3.05) is 11.9 Å². The molecule has 2 aliphatic rings. The van der Waals surface area contributed by atoms with E-state index < -0.39 is 0 Å². The molecule has 1 saturated heterocycles. The average Bonchev–Trinajstić information content (AvgIpc) is 3.02. The highest BCUT2D eigenvalue weighted by molar-refractivity contribution is 7.15. The Labute approximate surface area is 122 Å². The van der Waals surface area contributed by atoms with Crippen molar-refractivity contribution in [2.24, 2.45) is 5.92 Å². The number of nitrogens with one attached hydrogen (secondary N) is 1. The summed E-state index contributed by atoms with van der Waals surface area (Å²) in [5.74, 6) is -0.251. The predicted octanol–water partition coefficient (Wildman–Crippen LogP) is 1.83. The third kappa shape index (κ3) is 2.44. The van der Waals surface area contributed by atoms with Gasteiger partial charge in [0.25, 0.3) is 0 Å². The van der Waals surface area contributed by atoms with Crippen LogP contribution in [0.1, 0.15) is 37.3 Å². The van der Waals surface area contributed by atoms with Gasteiger partial charge < -0.3 is 10.2 Å². The molecule has 5 nitrogen and oxygen atoms in total. The molecule has 108 valence electrons. The van der Waals surface area contributed by atoms with Crippen molar-refractivity contribution in [3.63, 3.8) is 0 Å². The van der Waals surface area contributed by atoms with Gasteiger partial charge in [0.2, 0.25) is 11.8 Å². The van der Waals surface area contributed by atoms with Gasteiger partial charge >= 0.3 is 0 Å². The zero-order valence-corrected chi connectivity index (χ0v) is 12.6. The van der Waals surface area contributed by atoms with Gasteiger partial charge in [-0.25, -0.2) is 4.98 Å². The third-order valence-corrected chi connectivity index (χ3v) is 5.05. The minimum atomic E-state index is -0.247. The van der Waals surface area contributed by atoms with E-state index >= 15 is 0 Å². The Bertz CT molecular complexity index is 531. The van der Waals surface area contributed by atoms with E-state index in [9.17, 15) is 9.59 Å². The molecule has 0 spiro atoms. The summed E-state index contributed by atoms with van der Waals surface area (Å²) in [6.45, 7) is 4.47. The van der Waals surface area contributed by atoms with Crippen molar-refractivity contribution in [1.29, 1.82) is 0 Å². The van der Waals surface area contributed by atoms with Crippen LogP contribution < -0.4 is 5.32 Å². The van der Waals surface area contributed by atoms with Gasteiger partial charge in [-0.15, -0.1) is 11.3 Å². The molecule has 1 aliphatic heterocycles. The number of hydrogen-bond acceptors (Lipinski definition) is 4. The highest BCUT2D eigenvalue weighted by atomic mass is 32.1. The molecule has 1 aliphatic carbocycles. The van der Waals surface area contributed by atoms with Crippen molar-refractivity contribution in [3.8, 4) is 0 Å². The van der Waals surface area contributed by atoms with Crippen LogP contribution in [-0.4, -0.2) is 34.3 Å². The Kier molecular flexibility index (Phi) is 3.50. The first-order valence-electron chi connectivity index (χ1n) is 7.13. The summed E-state index contributed by atoms with van der Waals surface area (Å²) in [5.41, 5.74) is 1.14. The second-order valence-electron chi connectivity index (χ2n) is 5.77. The van der Waals surface area contributed by atoms with Crippen LogP contribution in [0.4, 0.5) is 5.13 Å². The van der Waals surface area contributed by atoms with E-state index in [1.165, 1.54) is 11.3 Å². The van der Waals surface area contributed by atoms with Crippen molar-refractivity contribution < 1.29 is 9.59 Å². The lowest BCUT2D eigenvalue weighted by Crippen LogP contribution is -2.33. The van der Waals surface area contributed by atoms with Crippen molar-refractivity contribution in [1.82, 2.24) is 9.88 Å². The molecule has 0 bridgehead atoms. The lowest BCUT2D eigenvalue weighted by atomic mass is 10.1. The Balaban J connectivity index is 1.63. The summed E-state index contributed by atoms with van der Waals surface area (Å²) in [6.07, 6.45) is 3.58. The number of rotatable bonds is 3. The number of fused-ring (bicyclic) bond motifs is 1. The molecule has 2 amide bonds. The maximum absolute atomic E-state index is 12.2. The summed E-state index contributed by atoms with van der Waals surface area (Å²) in [4.78, 5) is 31.6. The molecule has 0 saturated carbocycles. The van der Waals surface area contributed by atoms with Crippen molar-refractivity contribution >= 4 is 28.3 Å². The minimum Gasteiger partial charge on any atom is -0.339 e. The number of thiazole rings is 1. The molecule has 3 rings (SSSR count). The Morgan fingerprint density at radius 2 is 2.25 bits per heavy atom. The molecule has 6 heteroatoms. The smallest absolute Gasteiger partial charge is 0.231 e. The van der Waals surface area contributed by atoms with Crippen LogP contribution in [0.2, 0.25) is 0 Å². The van der Waals surface area contributed by atoms with E-state index in [0.29, 0.717) is 18.1 Å². The molecule has 0 radical (unpaired) electrons. The number of likely N-dealkylation sites (tertiary alicyclic amines) is 1. The highest BCUT2D eigenvalue weighted by Crippen LogP contribution is 2.31. The first kappa shape index (κ1) is 13.5. The van der Waals surface area contributed by atoms with Crippen LogP contribution in [0.25, 0.3) is 0 Å². The molecular weight excluding hydrogens is 274 g/mol. The van der Waals surface area contributed by atoms with E-state index in [1.807, 2.05) is 13.8 Å². The Morgan fingerprint density at radius 3 is 2.90 bits per heavy atom. The van der Waals surface area contributed by atoms with Gasteiger partial charge in [-0.05, 0) is 33.1 Å². The SMILES string of the molecule is CC(C)N1C[C@H](C(=O)Nc2nc3c(s2)CCC3)CC1=O. The summed E-state index contributed by atoms with van der Waals surface area (Å²) >= 11 is 1.58. The number of hydrogen-bond donors (Lipinski definition) is 1. The largest absolute Gasteiger partial charge is 0.339 e. The van der Waals surface area contributed by atoms with Crippen LogP contribution in [0.15, 0.2) is 0 Å². The summed E-state index contributed by atoms with van der Waals surface area (Å²) in [6, 6.07) is 0.156. The van der Waals surface area contributed by atoms with E-state index in [4.69, 9.17) is 0 Å².